The highest BCUT2D eigenvalue weighted by Gasteiger charge is 2.68. The van der Waals surface area contributed by atoms with Crippen LogP contribution in [0.3, 0.4) is 0 Å². The van der Waals surface area contributed by atoms with E-state index in [1.807, 2.05) is 0 Å². The summed E-state index contributed by atoms with van der Waals surface area (Å²) in [6.07, 6.45) is -0.0499. The van der Waals surface area contributed by atoms with Crippen LogP contribution in [0.4, 0.5) is 5.69 Å². The van der Waals surface area contributed by atoms with Gasteiger partial charge in [-0.25, -0.2) is 4.90 Å². The first-order valence-electron chi connectivity index (χ1n) is 11.7. The van der Waals surface area contributed by atoms with Crippen molar-refractivity contribution in [2.24, 2.45) is 11.8 Å². The van der Waals surface area contributed by atoms with Gasteiger partial charge in [-0.2, -0.15) is 0 Å². The largest absolute Gasteiger partial charge is 0.508 e. The lowest BCUT2D eigenvalue weighted by atomic mass is 9.76. The number of carboxylic acids is 1. The fourth-order valence-electron chi connectivity index (χ4n) is 5.50. The van der Waals surface area contributed by atoms with Gasteiger partial charge in [0.05, 0.1) is 17.5 Å². The molecule has 2 fully saturated rings. The number of anilines is 1. The number of nitrogens with one attached hydrogen (secondary N) is 1. The molecule has 3 aromatic rings. The molecule has 2 aliphatic rings. The number of phenolic OH excluding ortho intramolecular Hbond substituents is 1. The second-order valence-electron chi connectivity index (χ2n) is 9.38. The van der Waals surface area contributed by atoms with Crippen LogP contribution in [0, 0.1) is 11.8 Å². The third-order valence-electron chi connectivity index (χ3n) is 7.22. The van der Waals surface area contributed by atoms with E-state index in [1.165, 1.54) is 37.3 Å². The van der Waals surface area contributed by atoms with E-state index in [2.05, 4.69) is 21.2 Å². The highest BCUT2D eigenvalue weighted by Crippen LogP contribution is 2.52. The van der Waals surface area contributed by atoms with Crippen LogP contribution in [0.15, 0.2) is 77.3 Å². The van der Waals surface area contributed by atoms with Crippen molar-refractivity contribution in [3.63, 3.8) is 0 Å². The van der Waals surface area contributed by atoms with Gasteiger partial charge in [0.2, 0.25) is 11.8 Å². The first-order chi connectivity index (χ1) is 17.6. The average molecular weight is 563 g/mol. The minimum atomic E-state index is -1.81. The number of Topliss-reactive ketones (excluding diaryl/α,β-unsaturated/α-hetero) is 1. The van der Waals surface area contributed by atoms with Crippen molar-refractivity contribution in [1.82, 2.24) is 5.32 Å². The first-order valence-corrected chi connectivity index (χ1v) is 12.5. The Morgan fingerprint density at radius 1 is 1.00 bits per heavy atom. The van der Waals surface area contributed by atoms with Gasteiger partial charge in [0.25, 0.3) is 0 Å². The Morgan fingerprint density at radius 3 is 2.30 bits per heavy atom. The standard InChI is InChI=1S/C28H23BrN2O6/c1-15(32)17-7-10-19(11-8-17)31-25(34)22-23(26(31)35)28(27(36)37,14-16-5-3-2-4-6-16)30-24(22)20-13-18(29)9-12-21(20)33/h2-13,22-24,30,33H,14H2,1H3,(H,36,37). The van der Waals surface area contributed by atoms with E-state index in [1.54, 1.807) is 42.5 Å². The Morgan fingerprint density at radius 2 is 1.68 bits per heavy atom. The number of amides is 2. The van der Waals surface area contributed by atoms with Crippen LogP contribution >= 0.6 is 15.9 Å². The molecule has 4 atom stereocenters. The number of carboxylic acid groups (broad SMARTS) is 1. The number of rotatable bonds is 6. The van der Waals surface area contributed by atoms with Gasteiger partial charge in [-0.05, 0) is 55.0 Å². The Balaban J connectivity index is 1.66. The quantitative estimate of drug-likeness (QED) is 0.307. The molecule has 2 amide bonds. The van der Waals surface area contributed by atoms with Gasteiger partial charge in [-0.1, -0.05) is 46.3 Å². The minimum absolute atomic E-state index is 0.0499. The van der Waals surface area contributed by atoms with Crippen molar-refractivity contribution in [3.05, 3.63) is 94.0 Å². The highest BCUT2D eigenvalue weighted by molar-refractivity contribution is 9.10. The van der Waals surface area contributed by atoms with E-state index < -0.39 is 41.2 Å². The maximum absolute atomic E-state index is 13.9. The highest BCUT2D eigenvalue weighted by atomic mass is 79.9. The van der Waals surface area contributed by atoms with Crippen molar-refractivity contribution in [2.45, 2.75) is 24.9 Å². The van der Waals surface area contributed by atoms with Gasteiger partial charge >= 0.3 is 5.97 Å². The van der Waals surface area contributed by atoms with Crippen LogP contribution in [0.25, 0.3) is 0 Å². The fourth-order valence-corrected chi connectivity index (χ4v) is 5.88. The van der Waals surface area contributed by atoms with E-state index in [-0.39, 0.29) is 23.6 Å². The summed E-state index contributed by atoms with van der Waals surface area (Å²) in [5.41, 5.74) is -0.141. The van der Waals surface area contributed by atoms with Crippen molar-refractivity contribution in [2.75, 3.05) is 4.90 Å². The lowest BCUT2D eigenvalue weighted by Gasteiger charge is -2.31. The molecule has 8 nitrogen and oxygen atoms in total. The number of carbonyl (C=O) groups excluding carboxylic acids is 3. The summed E-state index contributed by atoms with van der Waals surface area (Å²) in [6.45, 7) is 1.41. The number of carbonyl (C=O) groups is 4. The van der Waals surface area contributed by atoms with E-state index in [4.69, 9.17) is 0 Å². The summed E-state index contributed by atoms with van der Waals surface area (Å²) in [5, 5.41) is 24.3. The zero-order valence-electron chi connectivity index (χ0n) is 19.7. The van der Waals surface area contributed by atoms with Crippen LogP contribution in [0.5, 0.6) is 5.75 Å². The average Bonchev–Trinajstić information content (AvgIpc) is 3.35. The molecule has 0 saturated carbocycles. The van der Waals surface area contributed by atoms with Gasteiger partial charge < -0.3 is 10.2 Å². The number of fused-ring (bicyclic) bond motifs is 1. The van der Waals surface area contributed by atoms with Crippen molar-refractivity contribution < 1.29 is 29.4 Å². The predicted molar refractivity (Wildman–Crippen MR) is 138 cm³/mol. The van der Waals surface area contributed by atoms with Crippen LogP contribution < -0.4 is 10.2 Å². The lowest BCUT2D eigenvalue weighted by Crippen LogP contribution is -2.57. The Labute approximate surface area is 221 Å². The van der Waals surface area contributed by atoms with E-state index >= 15 is 0 Å². The van der Waals surface area contributed by atoms with Gasteiger partial charge in [0, 0.05) is 28.1 Å². The second-order valence-corrected chi connectivity index (χ2v) is 10.3. The molecule has 2 heterocycles. The minimum Gasteiger partial charge on any atom is -0.508 e. The number of nitrogens with zero attached hydrogens (tertiary/aromatic N) is 1. The number of halogens is 1. The fraction of sp³-hybridized carbons (Fsp3) is 0.214. The third kappa shape index (κ3) is 4.04. The zero-order valence-corrected chi connectivity index (χ0v) is 21.3. The van der Waals surface area contributed by atoms with E-state index in [0.29, 0.717) is 21.2 Å². The molecule has 0 bridgehead atoms. The molecule has 0 aliphatic carbocycles. The molecule has 4 unspecified atom stereocenters. The van der Waals surface area contributed by atoms with Crippen molar-refractivity contribution >= 4 is 45.2 Å². The maximum Gasteiger partial charge on any atom is 0.325 e. The van der Waals surface area contributed by atoms with Crippen LogP contribution in [0.1, 0.15) is 34.5 Å². The molecule has 2 saturated heterocycles. The number of benzene rings is 3. The van der Waals surface area contributed by atoms with Crippen LogP contribution in [-0.2, 0) is 20.8 Å². The lowest BCUT2D eigenvalue weighted by molar-refractivity contribution is -0.148. The Hall–Kier alpha value is -3.82. The molecule has 188 valence electrons. The number of phenols is 1. The summed E-state index contributed by atoms with van der Waals surface area (Å²) in [4.78, 5) is 53.5. The molecule has 3 aromatic carbocycles. The second kappa shape index (κ2) is 9.24. The Kier molecular flexibility index (Phi) is 6.21. The number of hydrogen-bond acceptors (Lipinski definition) is 6. The number of aliphatic carboxylic acids is 1. The van der Waals surface area contributed by atoms with Gasteiger partial charge in [0.15, 0.2) is 5.78 Å². The summed E-state index contributed by atoms with van der Waals surface area (Å²) >= 11 is 3.38. The van der Waals surface area contributed by atoms with Gasteiger partial charge in [0.1, 0.15) is 11.3 Å². The molecule has 0 radical (unpaired) electrons. The van der Waals surface area contributed by atoms with Crippen molar-refractivity contribution in [1.29, 1.82) is 0 Å². The summed E-state index contributed by atoms with van der Waals surface area (Å²) in [5.74, 6) is -5.09. The van der Waals surface area contributed by atoms with E-state index in [9.17, 15) is 29.4 Å². The maximum atomic E-state index is 13.9. The Bertz CT molecular complexity index is 1420. The molecule has 9 heteroatoms. The SMILES string of the molecule is CC(=O)c1ccc(N2C(=O)C3C(c4cc(Br)ccc4O)NC(Cc4ccccc4)(C(=O)O)C3C2=O)cc1. The molecule has 0 aromatic heterocycles. The monoisotopic (exact) mass is 562 g/mol. The summed E-state index contributed by atoms with van der Waals surface area (Å²) in [7, 11) is 0. The first kappa shape index (κ1) is 24.9. The van der Waals surface area contributed by atoms with Gasteiger partial charge in [-0.15, -0.1) is 0 Å². The van der Waals surface area contributed by atoms with E-state index in [0.717, 1.165) is 4.90 Å². The topological polar surface area (TPSA) is 124 Å². The third-order valence-corrected chi connectivity index (χ3v) is 7.71. The molecule has 37 heavy (non-hydrogen) atoms. The van der Waals surface area contributed by atoms with Gasteiger partial charge in [-0.3, -0.25) is 24.5 Å². The summed E-state index contributed by atoms with van der Waals surface area (Å²) < 4.78 is 0.628. The number of imide groups is 1. The smallest absolute Gasteiger partial charge is 0.325 e. The van der Waals surface area contributed by atoms with Crippen molar-refractivity contribution in [3.8, 4) is 5.75 Å². The summed E-state index contributed by atoms with van der Waals surface area (Å²) in [6, 6.07) is 18.7. The predicted octanol–water partition coefficient (Wildman–Crippen LogP) is 3.87. The number of hydrogen-bond donors (Lipinski definition) is 3. The molecule has 0 spiro atoms. The zero-order chi connectivity index (χ0) is 26.5. The number of ketones is 1. The van der Waals surface area contributed by atoms with Crippen LogP contribution in [-0.4, -0.2) is 39.3 Å². The van der Waals surface area contributed by atoms with Crippen LogP contribution in [0.2, 0.25) is 0 Å². The number of aromatic hydroxyl groups is 1. The normalized spacial score (nSPS) is 24.8. The molecule has 3 N–H and O–H groups in total. The molecular weight excluding hydrogens is 540 g/mol. The molecular formula is C28H23BrN2O6. The molecule has 2 aliphatic heterocycles. The molecule has 5 rings (SSSR count).